The van der Waals surface area contributed by atoms with Crippen molar-refractivity contribution in [2.24, 2.45) is 0 Å². The fourth-order valence-corrected chi connectivity index (χ4v) is 11.0. The van der Waals surface area contributed by atoms with Crippen molar-refractivity contribution < 1.29 is 4.42 Å². The number of benzene rings is 9. The van der Waals surface area contributed by atoms with Crippen molar-refractivity contribution in [3.63, 3.8) is 0 Å². The van der Waals surface area contributed by atoms with E-state index in [1.807, 2.05) is 0 Å². The first-order chi connectivity index (χ1) is 31.2. The minimum Gasteiger partial charge on any atom is -0.456 e. The molecular formula is C54H41B7N2O. The van der Waals surface area contributed by atoms with Gasteiger partial charge in [0.15, 0.2) is 0 Å². The average Bonchev–Trinajstić information content (AvgIpc) is 4.01. The Labute approximate surface area is 379 Å². The van der Waals surface area contributed by atoms with Crippen LogP contribution in [-0.4, -0.2) is 64.1 Å². The van der Waals surface area contributed by atoms with Crippen LogP contribution in [0, 0.1) is 0 Å². The Hall–Kier alpha value is -7.17. The molecule has 3 aromatic heterocycles. The first-order valence-corrected chi connectivity index (χ1v) is 22.4. The van der Waals surface area contributed by atoms with Crippen LogP contribution in [0.4, 0.5) is 0 Å². The molecule has 294 valence electrons. The van der Waals surface area contributed by atoms with Gasteiger partial charge in [0.1, 0.15) is 66.1 Å². The van der Waals surface area contributed by atoms with Crippen LogP contribution in [0.15, 0.2) is 168 Å². The Bertz CT molecular complexity index is 3910. The molecule has 0 spiro atoms. The molecule has 12 aromatic rings. The van der Waals surface area contributed by atoms with Gasteiger partial charge in [-0.15, -0.1) is 5.46 Å². The third-order valence-corrected chi connectivity index (χ3v) is 14.6. The zero-order chi connectivity index (χ0) is 43.5. The molecule has 64 heavy (non-hydrogen) atoms. The number of fused-ring (bicyclic) bond motifs is 9. The van der Waals surface area contributed by atoms with Gasteiger partial charge >= 0.3 is 0 Å². The Morgan fingerprint density at radius 1 is 0.328 bits per heavy atom. The Morgan fingerprint density at radius 2 is 0.906 bits per heavy atom. The zero-order valence-electron chi connectivity index (χ0n) is 37.4. The molecule has 0 fully saturated rings. The van der Waals surface area contributed by atoms with Gasteiger partial charge in [0.05, 0.1) is 22.1 Å². The van der Waals surface area contributed by atoms with E-state index >= 15 is 0 Å². The molecule has 0 saturated carbocycles. The average molecular weight is 810 g/mol. The second-order valence-corrected chi connectivity index (χ2v) is 17.9. The molecule has 0 radical (unpaired) electrons. The van der Waals surface area contributed by atoms with Crippen LogP contribution >= 0.6 is 0 Å². The SMILES string of the molecule is Bc1c(B)c(B)c2c(c1B)c1c(B)c(-c3ccc4c(c3)c3ccc(-c5ccccc5)cc3n4-c3ccc(-c4ccccc4)cc3)c(B)c(B)c1n2-c1cccc2oc3ccccc3c12. The maximum absolute atomic E-state index is 6.50. The third-order valence-electron chi connectivity index (χ3n) is 14.6. The van der Waals surface area contributed by atoms with Crippen molar-refractivity contribution in [3.05, 3.63) is 164 Å². The Morgan fingerprint density at radius 3 is 1.64 bits per heavy atom. The standard InChI is InChI=1S/C54H41B7N2O/c55-46-42(47(56)51(60)53-44(46)45-48(57)49(58)50(59)52(61)54(45)63(53)38-15-9-17-41-43(38)35-14-7-8-16-40(35)64-41)32-21-25-37-36(26-32)34-24-20-31(29-12-5-2-6-13-29)27-39(34)62(37)33-22-18-30(19-23-33)28-10-3-1-4-11-28/h1-27H,55-61H2. The van der Waals surface area contributed by atoms with Gasteiger partial charge in [-0.05, 0) is 87.3 Å². The zero-order valence-corrected chi connectivity index (χ0v) is 37.4. The quantitative estimate of drug-likeness (QED) is 0.246. The molecule has 0 saturated heterocycles. The molecule has 0 aliphatic heterocycles. The van der Waals surface area contributed by atoms with E-state index in [0.29, 0.717) is 0 Å². The highest BCUT2D eigenvalue weighted by atomic mass is 16.3. The number of hydrogen-bond acceptors (Lipinski definition) is 1. The number of nitrogens with zero attached hydrogens (tertiary/aromatic N) is 2. The molecule has 0 aliphatic carbocycles. The van der Waals surface area contributed by atoms with Gasteiger partial charge < -0.3 is 13.6 Å². The lowest BCUT2D eigenvalue weighted by molar-refractivity contribution is 0.669. The van der Waals surface area contributed by atoms with Crippen molar-refractivity contribution in [2.75, 3.05) is 0 Å². The fraction of sp³-hybridized carbons (Fsp3) is 0. The van der Waals surface area contributed by atoms with Gasteiger partial charge in [-0.2, -0.15) is 0 Å². The highest BCUT2D eigenvalue weighted by Gasteiger charge is 2.27. The monoisotopic (exact) mass is 810 g/mol. The summed E-state index contributed by atoms with van der Waals surface area (Å²) in [4.78, 5) is 0. The normalized spacial score (nSPS) is 11.9. The summed E-state index contributed by atoms with van der Waals surface area (Å²) in [5, 5.41) is 7.45. The number of aromatic nitrogens is 2. The summed E-state index contributed by atoms with van der Waals surface area (Å²) >= 11 is 0. The van der Waals surface area contributed by atoms with Crippen LogP contribution in [0.25, 0.3) is 110 Å². The van der Waals surface area contributed by atoms with Gasteiger partial charge in [0.2, 0.25) is 0 Å². The minimum absolute atomic E-state index is 0.908. The molecule has 9 aromatic carbocycles. The van der Waals surface area contributed by atoms with Gasteiger partial charge in [-0.25, -0.2) is 0 Å². The van der Waals surface area contributed by atoms with Crippen LogP contribution in [-0.2, 0) is 0 Å². The summed E-state index contributed by atoms with van der Waals surface area (Å²) in [7, 11) is 16.2. The van der Waals surface area contributed by atoms with Crippen molar-refractivity contribution in [2.45, 2.75) is 0 Å². The van der Waals surface area contributed by atoms with Crippen LogP contribution in [0.2, 0.25) is 0 Å². The molecule has 0 amide bonds. The van der Waals surface area contributed by atoms with E-state index in [-0.39, 0.29) is 0 Å². The van der Waals surface area contributed by atoms with E-state index in [9.17, 15) is 0 Å². The minimum atomic E-state index is 0.908. The van der Waals surface area contributed by atoms with E-state index in [1.54, 1.807) is 0 Å². The predicted octanol–water partition coefficient (Wildman–Crippen LogP) is 2.59. The molecule has 3 nitrogen and oxygen atoms in total. The summed E-state index contributed by atoms with van der Waals surface area (Å²) < 4.78 is 11.5. The van der Waals surface area contributed by atoms with Gasteiger partial charge in [-0.1, -0.05) is 148 Å². The second kappa shape index (κ2) is 14.4. The van der Waals surface area contributed by atoms with Crippen LogP contribution in [0.5, 0.6) is 0 Å². The fourth-order valence-electron chi connectivity index (χ4n) is 11.0. The van der Waals surface area contributed by atoms with E-state index in [2.05, 4.69) is 228 Å². The molecule has 0 aliphatic rings. The van der Waals surface area contributed by atoms with Gasteiger partial charge in [-0.3, -0.25) is 0 Å². The summed E-state index contributed by atoms with van der Waals surface area (Å²) in [5.41, 5.74) is 25.7. The van der Waals surface area contributed by atoms with E-state index in [4.69, 9.17) is 4.42 Å². The molecule has 10 heteroatoms. The predicted molar refractivity (Wildman–Crippen MR) is 296 cm³/mol. The summed E-state index contributed by atoms with van der Waals surface area (Å²) in [5.74, 6) is 0. The highest BCUT2D eigenvalue weighted by molar-refractivity contribution is 6.69. The Kier molecular flexibility index (Phi) is 8.69. The molecule has 0 unspecified atom stereocenters. The maximum atomic E-state index is 6.50. The summed E-state index contributed by atoms with van der Waals surface area (Å²) in [6.45, 7) is 0. The van der Waals surface area contributed by atoms with E-state index < -0.39 is 0 Å². The first kappa shape index (κ1) is 38.5. The number of furan rings is 1. The topological polar surface area (TPSA) is 23.0 Å². The molecule has 3 heterocycles. The number of rotatable bonds is 5. The van der Waals surface area contributed by atoms with E-state index in [1.165, 1.54) is 115 Å². The third kappa shape index (κ3) is 5.51. The Balaban J connectivity index is 1.13. The van der Waals surface area contributed by atoms with Gasteiger partial charge in [0.25, 0.3) is 0 Å². The van der Waals surface area contributed by atoms with E-state index in [0.717, 1.165) is 33.3 Å². The van der Waals surface area contributed by atoms with Gasteiger partial charge in [0, 0.05) is 38.3 Å². The largest absolute Gasteiger partial charge is 0.456 e. The number of hydrogen-bond donors (Lipinski definition) is 0. The lowest BCUT2D eigenvalue weighted by Crippen LogP contribution is -2.48. The molecular weight excluding hydrogens is 768 g/mol. The van der Waals surface area contributed by atoms with Crippen molar-refractivity contribution in [1.82, 2.24) is 9.13 Å². The first-order valence-electron chi connectivity index (χ1n) is 22.4. The lowest BCUT2D eigenvalue weighted by atomic mass is 9.64. The summed E-state index contributed by atoms with van der Waals surface area (Å²) in [6, 6.07) is 59.6. The molecule has 12 rings (SSSR count). The van der Waals surface area contributed by atoms with Crippen LogP contribution < -0.4 is 38.2 Å². The molecule has 0 N–H and O–H groups in total. The van der Waals surface area contributed by atoms with Crippen LogP contribution in [0.1, 0.15) is 0 Å². The highest BCUT2D eigenvalue weighted by Crippen LogP contribution is 2.40. The smallest absolute Gasteiger partial charge is 0.141 e. The van der Waals surface area contributed by atoms with Crippen molar-refractivity contribution in [1.29, 1.82) is 0 Å². The number of para-hydroxylation sites is 1. The molecule has 0 bridgehead atoms. The van der Waals surface area contributed by atoms with Crippen molar-refractivity contribution >= 4 is 159 Å². The van der Waals surface area contributed by atoms with Crippen molar-refractivity contribution in [3.8, 4) is 44.8 Å². The van der Waals surface area contributed by atoms with Crippen LogP contribution in [0.3, 0.4) is 0 Å². The lowest BCUT2D eigenvalue weighted by Gasteiger charge is -2.19. The molecule has 0 atom stereocenters. The maximum Gasteiger partial charge on any atom is 0.141 e. The second-order valence-electron chi connectivity index (χ2n) is 17.9. The summed E-state index contributed by atoms with van der Waals surface area (Å²) in [6.07, 6.45) is 0.